The van der Waals surface area contributed by atoms with E-state index in [-0.39, 0.29) is 5.91 Å². The Labute approximate surface area is 160 Å². The lowest BCUT2D eigenvalue weighted by atomic mass is 10.0. The standard InChI is InChI=1S/C22H26N4O/c1-15-19(14-20(27)25-12-8-5-9-13-25)17(3)26-22(23-15)21(16(2)24-26)18-10-6-4-7-11-18/h4,6-7,10-11H,5,8-9,12-14H2,1-3H3. The molecular weight excluding hydrogens is 336 g/mol. The lowest BCUT2D eigenvalue weighted by molar-refractivity contribution is -0.131. The van der Waals surface area contributed by atoms with Crippen LogP contribution in [0.1, 0.15) is 41.9 Å². The number of amides is 1. The zero-order valence-corrected chi connectivity index (χ0v) is 16.3. The zero-order valence-electron chi connectivity index (χ0n) is 16.3. The van der Waals surface area contributed by atoms with Gasteiger partial charge in [-0.2, -0.15) is 5.10 Å². The molecule has 0 unspecified atom stereocenters. The fourth-order valence-corrected chi connectivity index (χ4v) is 4.07. The number of hydrogen-bond acceptors (Lipinski definition) is 3. The Kier molecular flexibility index (Phi) is 4.68. The Hall–Kier alpha value is -2.69. The summed E-state index contributed by atoms with van der Waals surface area (Å²) in [4.78, 5) is 19.6. The van der Waals surface area contributed by atoms with Crippen molar-refractivity contribution < 1.29 is 4.79 Å². The van der Waals surface area contributed by atoms with Crippen molar-refractivity contribution in [2.75, 3.05) is 13.1 Å². The maximum atomic E-state index is 12.8. The minimum atomic E-state index is 0.203. The summed E-state index contributed by atoms with van der Waals surface area (Å²) in [6, 6.07) is 10.3. The van der Waals surface area contributed by atoms with Crippen molar-refractivity contribution in [1.82, 2.24) is 19.5 Å². The summed E-state index contributed by atoms with van der Waals surface area (Å²) in [6.07, 6.45) is 3.85. The smallest absolute Gasteiger partial charge is 0.227 e. The molecule has 27 heavy (non-hydrogen) atoms. The average molecular weight is 362 g/mol. The van der Waals surface area contributed by atoms with Crippen LogP contribution in [0.25, 0.3) is 16.8 Å². The van der Waals surface area contributed by atoms with Gasteiger partial charge >= 0.3 is 0 Å². The largest absolute Gasteiger partial charge is 0.342 e. The maximum absolute atomic E-state index is 12.8. The van der Waals surface area contributed by atoms with Gasteiger partial charge in [0, 0.05) is 35.6 Å². The first-order valence-corrected chi connectivity index (χ1v) is 9.75. The van der Waals surface area contributed by atoms with Crippen LogP contribution in [0.15, 0.2) is 30.3 Å². The molecule has 0 aliphatic carbocycles. The molecule has 0 spiro atoms. The predicted molar refractivity (Wildman–Crippen MR) is 107 cm³/mol. The number of likely N-dealkylation sites (tertiary alicyclic amines) is 1. The molecule has 0 N–H and O–H groups in total. The van der Waals surface area contributed by atoms with Gasteiger partial charge in [-0.05, 0) is 45.6 Å². The van der Waals surface area contributed by atoms with E-state index in [0.717, 1.165) is 65.4 Å². The van der Waals surface area contributed by atoms with E-state index < -0.39 is 0 Å². The molecule has 0 radical (unpaired) electrons. The number of carbonyl (C=O) groups is 1. The van der Waals surface area contributed by atoms with E-state index in [1.54, 1.807) is 0 Å². The fourth-order valence-electron chi connectivity index (χ4n) is 4.07. The SMILES string of the molecule is Cc1nc2c(-c3ccccc3)c(C)nn2c(C)c1CC(=O)N1CCCCC1. The second-order valence-corrected chi connectivity index (χ2v) is 7.44. The number of carbonyl (C=O) groups excluding carboxylic acids is 1. The van der Waals surface area contributed by atoms with Crippen molar-refractivity contribution in [1.29, 1.82) is 0 Å². The number of rotatable bonds is 3. The van der Waals surface area contributed by atoms with E-state index in [9.17, 15) is 4.79 Å². The number of hydrogen-bond donors (Lipinski definition) is 0. The monoisotopic (exact) mass is 362 g/mol. The molecule has 1 aliphatic rings. The van der Waals surface area contributed by atoms with Crippen LogP contribution in [0.2, 0.25) is 0 Å². The summed E-state index contributed by atoms with van der Waals surface area (Å²) in [5.41, 5.74) is 6.93. The first-order valence-electron chi connectivity index (χ1n) is 9.75. The molecule has 0 atom stereocenters. The van der Waals surface area contributed by atoms with Crippen LogP contribution < -0.4 is 0 Å². The maximum Gasteiger partial charge on any atom is 0.227 e. The molecule has 1 saturated heterocycles. The molecule has 0 saturated carbocycles. The molecular formula is C22H26N4O. The molecule has 1 aromatic carbocycles. The van der Waals surface area contributed by atoms with E-state index in [4.69, 9.17) is 10.1 Å². The van der Waals surface area contributed by atoms with Crippen molar-refractivity contribution in [3.63, 3.8) is 0 Å². The number of aromatic nitrogens is 3. The van der Waals surface area contributed by atoms with Gasteiger partial charge in [-0.3, -0.25) is 4.79 Å². The van der Waals surface area contributed by atoms with Gasteiger partial charge < -0.3 is 4.90 Å². The molecule has 5 heteroatoms. The molecule has 4 rings (SSSR count). The molecule has 5 nitrogen and oxygen atoms in total. The summed E-state index contributed by atoms with van der Waals surface area (Å²) in [6.45, 7) is 7.83. The van der Waals surface area contributed by atoms with Crippen LogP contribution in [-0.4, -0.2) is 38.5 Å². The second-order valence-electron chi connectivity index (χ2n) is 7.44. The van der Waals surface area contributed by atoms with Gasteiger partial charge in [0.1, 0.15) is 0 Å². The minimum absolute atomic E-state index is 0.203. The van der Waals surface area contributed by atoms with E-state index >= 15 is 0 Å². The van der Waals surface area contributed by atoms with Crippen molar-refractivity contribution >= 4 is 11.6 Å². The molecule has 1 fully saturated rings. The highest BCUT2D eigenvalue weighted by Crippen LogP contribution is 2.29. The van der Waals surface area contributed by atoms with E-state index in [1.165, 1.54) is 6.42 Å². The fraction of sp³-hybridized carbons (Fsp3) is 0.409. The highest BCUT2D eigenvalue weighted by Gasteiger charge is 2.22. The first kappa shape index (κ1) is 17.7. The van der Waals surface area contributed by atoms with Gasteiger partial charge in [-0.25, -0.2) is 9.50 Å². The topological polar surface area (TPSA) is 50.5 Å². The van der Waals surface area contributed by atoms with Crippen molar-refractivity contribution in [3.05, 3.63) is 53.0 Å². The van der Waals surface area contributed by atoms with Crippen molar-refractivity contribution in [2.45, 2.75) is 46.5 Å². The Bertz CT molecular complexity index is 985. The van der Waals surface area contributed by atoms with Gasteiger partial charge in [0.05, 0.1) is 12.1 Å². The van der Waals surface area contributed by atoms with Crippen LogP contribution in [0.3, 0.4) is 0 Å². The zero-order chi connectivity index (χ0) is 19.0. The molecule has 1 aliphatic heterocycles. The number of fused-ring (bicyclic) bond motifs is 1. The quantitative estimate of drug-likeness (QED) is 0.710. The van der Waals surface area contributed by atoms with E-state index in [0.29, 0.717) is 6.42 Å². The molecule has 140 valence electrons. The number of piperidine rings is 1. The molecule has 0 bridgehead atoms. The lowest BCUT2D eigenvalue weighted by Crippen LogP contribution is -2.37. The number of aryl methyl sites for hydroxylation is 3. The van der Waals surface area contributed by atoms with Crippen molar-refractivity contribution in [3.8, 4) is 11.1 Å². The van der Waals surface area contributed by atoms with Gasteiger partial charge in [0.2, 0.25) is 5.91 Å². The third kappa shape index (κ3) is 3.22. The number of nitrogens with zero attached hydrogens (tertiary/aromatic N) is 4. The van der Waals surface area contributed by atoms with Gasteiger partial charge in [-0.15, -0.1) is 0 Å². The van der Waals surface area contributed by atoms with Crippen LogP contribution in [0, 0.1) is 20.8 Å². The summed E-state index contributed by atoms with van der Waals surface area (Å²) < 4.78 is 1.91. The normalized spacial score (nSPS) is 14.7. The third-order valence-electron chi connectivity index (χ3n) is 5.60. The summed E-state index contributed by atoms with van der Waals surface area (Å²) in [5.74, 6) is 0.203. The van der Waals surface area contributed by atoms with Gasteiger partial charge in [-0.1, -0.05) is 30.3 Å². The Morgan fingerprint density at radius 3 is 2.41 bits per heavy atom. The van der Waals surface area contributed by atoms with Crippen molar-refractivity contribution in [2.24, 2.45) is 0 Å². The summed E-state index contributed by atoms with van der Waals surface area (Å²) in [5, 5.41) is 4.74. The van der Waals surface area contributed by atoms with Gasteiger partial charge in [0.25, 0.3) is 0 Å². The van der Waals surface area contributed by atoms with Gasteiger partial charge in [0.15, 0.2) is 5.65 Å². The summed E-state index contributed by atoms with van der Waals surface area (Å²) >= 11 is 0. The Morgan fingerprint density at radius 1 is 1.00 bits per heavy atom. The minimum Gasteiger partial charge on any atom is -0.342 e. The Morgan fingerprint density at radius 2 is 1.70 bits per heavy atom. The second kappa shape index (κ2) is 7.14. The van der Waals surface area contributed by atoms with E-state index in [2.05, 4.69) is 12.1 Å². The van der Waals surface area contributed by atoms with Crippen LogP contribution >= 0.6 is 0 Å². The molecule has 1 amide bonds. The lowest BCUT2D eigenvalue weighted by Gasteiger charge is -2.27. The van der Waals surface area contributed by atoms with E-state index in [1.807, 2.05) is 48.4 Å². The molecule has 3 heterocycles. The third-order valence-corrected chi connectivity index (χ3v) is 5.60. The highest BCUT2D eigenvalue weighted by atomic mass is 16.2. The van der Waals surface area contributed by atoms with Crippen LogP contribution in [0.5, 0.6) is 0 Å². The Balaban J connectivity index is 1.75. The van der Waals surface area contributed by atoms with Crippen LogP contribution in [0.4, 0.5) is 0 Å². The predicted octanol–water partition coefficient (Wildman–Crippen LogP) is 3.88. The first-order chi connectivity index (χ1) is 13.1. The summed E-state index contributed by atoms with van der Waals surface area (Å²) in [7, 11) is 0. The molecule has 2 aromatic heterocycles. The van der Waals surface area contributed by atoms with Crippen LogP contribution in [-0.2, 0) is 11.2 Å². The number of benzene rings is 1. The molecule has 3 aromatic rings. The highest BCUT2D eigenvalue weighted by molar-refractivity contribution is 5.82. The average Bonchev–Trinajstić information content (AvgIpc) is 3.02.